The molecule has 98 valence electrons. The van der Waals surface area contributed by atoms with E-state index in [0.29, 0.717) is 0 Å². The van der Waals surface area contributed by atoms with E-state index in [4.69, 9.17) is 0 Å². The van der Waals surface area contributed by atoms with E-state index in [1.54, 1.807) is 0 Å². The molecule has 0 saturated heterocycles. The minimum absolute atomic E-state index is 0.0891. The smallest absolute Gasteiger partial charge is 0.194 e. The molecule has 0 saturated carbocycles. The zero-order valence-corrected chi connectivity index (χ0v) is 13.2. The first-order valence-electron chi connectivity index (χ1n) is 6.46. The first-order chi connectivity index (χ1) is 9.68. The Morgan fingerprint density at radius 2 is 1.45 bits per heavy atom. The van der Waals surface area contributed by atoms with E-state index in [0.717, 1.165) is 25.5 Å². The average molecular weight is 372 g/mol. The van der Waals surface area contributed by atoms with E-state index in [1.807, 2.05) is 54.6 Å². The third kappa shape index (κ3) is 2.24. The number of hydrogen-bond acceptors (Lipinski definition) is 1. The van der Waals surface area contributed by atoms with Crippen LogP contribution in [0.5, 0.6) is 0 Å². The van der Waals surface area contributed by atoms with Crippen LogP contribution in [0, 0.1) is 10.5 Å². The molecule has 0 heterocycles. The van der Waals surface area contributed by atoms with Gasteiger partial charge < -0.3 is 0 Å². The van der Waals surface area contributed by atoms with Gasteiger partial charge in [0.15, 0.2) is 5.78 Å². The van der Waals surface area contributed by atoms with E-state index in [9.17, 15) is 4.79 Å². The fourth-order valence-corrected chi connectivity index (χ4v) is 3.07. The number of aryl methyl sites for hydroxylation is 1. The number of halogens is 1. The van der Waals surface area contributed by atoms with Crippen LogP contribution in [0.1, 0.15) is 21.5 Å². The molecule has 0 aliphatic carbocycles. The van der Waals surface area contributed by atoms with Gasteiger partial charge in [0, 0.05) is 14.7 Å². The van der Waals surface area contributed by atoms with Crippen LogP contribution in [-0.4, -0.2) is 5.78 Å². The molecule has 0 atom stereocenters. The molecule has 0 bridgehead atoms. The predicted molar refractivity (Wildman–Crippen MR) is 91.3 cm³/mol. The summed E-state index contributed by atoms with van der Waals surface area (Å²) in [4.78, 5) is 12.8. The van der Waals surface area contributed by atoms with Crippen molar-refractivity contribution in [1.82, 2.24) is 0 Å². The molecule has 0 N–H and O–H groups in total. The van der Waals surface area contributed by atoms with Crippen molar-refractivity contribution >= 4 is 39.1 Å². The zero-order chi connectivity index (χ0) is 14.1. The van der Waals surface area contributed by atoms with Crippen molar-refractivity contribution in [2.75, 3.05) is 0 Å². The second-order valence-electron chi connectivity index (χ2n) is 4.78. The third-order valence-electron chi connectivity index (χ3n) is 3.51. The number of carbonyl (C=O) groups is 1. The predicted octanol–water partition coefficient (Wildman–Crippen LogP) is 4.98. The Labute approximate surface area is 131 Å². The first kappa shape index (κ1) is 13.3. The molecule has 0 unspecified atom stereocenters. The summed E-state index contributed by atoms with van der Waals surface area (Å²) in [5.41, 5.74) is 2.73. The van der Waals surface area contributed by atoms with E-state index < -0.39 is 0 Å². The summed E-state index contributed by atoms with van der Waals surface area (Å²) >= 11 is 2.21. The van der Waals surface area contributed by atoms with Gasteiger partial charge in [0.1, 0.15) is 0 Å². The summed E-state index contributed by atoms with van der Waals surface area (Å²) < 4.78 is 0.986. The highest BCUT2D eigenvalue weighted by Gasteiger charge is 2.15. The molecular formula is C18H13IO. The van der Waals surface area contributed by atoms with Crippen molar-refractivity contribution in [2.24, 2.45) is 0 Å². The molecule has 0 aliphatic rings. The van der Waals surface area contributed by atoms with Gasteiger partial charge in [-0.2, -0.15) is 0 Å². The Kier molecular flexibility index (Phi) is 3.57. The second kappa shape index (κ2) is 5.37. The van der Waals surface area contributed by atoms with Crippen LogP contribution < -0.4 is 0 Å². The summed E-state index contributed by atoms with van der Waals surface area (Å²) in [6, 6.07) is 19.7. The largest absolute Gasteiger partial charge is 0.289 e. The van der Waals surface area contributed by atoms with Gasteiger partial charge >= 0.3 is 0 Å². The maximum atomic E-state index is 12.8. The van der Waals surface area contributed by atoms with Crippen molar-refractivity contribution in [3.05, 3.63) is 80.9 Å². The van der Waals surface area contributed by atoms with Crippen LogP contribution in [0.4, 0.5) is 0 Å². The van der Waals surface area contributed by atoms with E-state index in [1.165, 1.54) is 5.56 Å². The molecule has 1 nitrogen and oxygen atoms in total. The Bertz CT molecular complexity index is 805. The summed E-state index contributed by atoms with van der Waals surface area (Å²) in [7, 11) is 0. The topological polar surface area (TPSA) is 17.1 Å². The van der Waals surface area contributed by atoms with Crippen LogP contribution in [0.15, 0.2) is 60.7 Å². The normalized spacial score (nSPS) is 10.7. The molecule has 0 aliphatic heterocycles. The molecular weight excluding hydrogens is 359 g/mol. The fraction of sp³-hybridized carbons (Fsp3) is 0.0556. The minimum atomic E-state index is 0.0891. The van der Waals surface area contributed by atoms with Gasteiger partial charge in [-0.25, -0.2) is 0 Å². The summed E-state index contributed by atoms with van der Waals surface area (Å²) in [6.45, 7) is 2.07. The summed E-state index contributed by atoms with van der Waals surface area (Å²) in [6.07, 6.45) is 0. The van der Waals surface area contributed by atoms with Crippen LogP contribution in [0.2, 0.25) is 0 Å². The van der Waals surface area contributed by atoms with Crippen LogP contribution in [-0.2, 0) is 0 Å². The molecule has 3 rings (SSSR count). The lowest BCUT2D eigenvalue weighted by Gasteiger charge is -2.09. The van der Waals surface area contributed by atoms with Gasteiger partial charge in [0.2, 0.25) is 0 Å². The van der Waals surface area contributed by atoms with Gasteiger partial charge in [-0.3, -0.25) is 4.79 Å². The Morgan fingerprint density at radius 1 is 0.800 bits per heavy atom. The lowest BCUT2D eigenvalue weighted by atomic mass is 9.95. The average Bonchev–Trinajstić information content (AvgIpc) is 2.48. The number of carbonyl (C=O) groups excluding carboxylic acids is 1. The highest BCUT2D eigenvalue weighted by molar-refractivity contribution is 14.1. The number of rotatable bonds is 2. The molecule has 3 aromatic rings. The van der Waals surface area contributed by atoms with Crippen molar-refractivity contribution in [1.29, 1.82) is 0 Å². The monoisotopic (exact) mass is 372 g/mol. The maximum absolute atomic E-state index is 12.8. The first-order valence-corrected chi connectivity index (χ1v) is 7.54. The Balaban J connectivity index is 2.23. The van der Waals surface area contributed by atoms with Gasteiger partial charge in [-0.15, -0.1) is 0 Å². The number of benzene rings is 3. The summed E-state index contributed by atoms with van der Waals surface area (Å²) in [5, 5.41) is 2.17. The van der Waals surface area contributed by atoms with Crippen LogP contribution in [0.3, 0.4) is 0 Å². The molecule has 0 aromatic heterocycles. The van der Waals surface area contributed by atoms with Crippen molar-refractivity contribution < 1.29 is 4.79 Å². The van der Waals surface area contributed by atoms with Gasteiger partial charge in [-0.1, -0.05) is 48.5 Å². The lowest BCUT2D eigenvalue weighted by Crippen LogP contribution is -2.04. The van der Waals surface area contributed by atoms with E-state index in [-0.39, 0.29) is 5.78 Å². The molecule has 0 radical (unpaired) electrons. The number of fused-ring (bicyclic) bond motifs is 1. The van der Waals surface area contributed by atoms with Crippen LogP contribution >= 0.6 is 22.6 Å². The molecule has 0 amide bonds. The molecule has 3 aromatic carbocycles. The van der Waals surface area contributed by atoms with Crippen molar-refractivity contribution in [3.63, 3.8) is 0 Å². The number of hydrogen-bond donors (Lipinski definition) is 0. The molecule has 0 spiro atoms. The van der Waals surface area contributed by atoms with Gasteiger partial charge in [0.05, 0.1) is 0 Å². The van der Waals surface area contributed by atoms with Crippen molar-refractivity contribution in [3.8, 4) is 0 Å². The molecule has 0 fully saturated rings. The quantitative estimate of drug-likeness (QED) is 0.458. The highest BCUT2D eigenvalue weighted by Crippen LogP contribution is 2.25. The van der Waals surface area contributed by atoms with E-state index >= 15 is 0 Å². The zero-order valence-electron chi connectivity index (χ0n) is 11.1. The fourth-order valence-electron chi connectivity index (χ4n) is 2.44. The standard InChI is InChI=1S/C18H13IO/c1-12-10-11-15(14-7-3-2-6-13(12)14)18(20)16-8-4-5-9-17(16)19/h2-11H,1H3. The van der Waals surface area contributed by atoms with Crippen LogP contribution in [0.25, 0.3) is 10.8 Å². The van der Waals surface area contributed by atoms with E-state index in [2.05, 4.69) is 35.6 Å². The van der Waals surface area contributed by atoms with Gasteiger partial charge in [0.25, 0.3) is 0 Å². The maximum Gasteiger partial charge on any atom is 0.194 e. The Morgan fingerprint density at radius 3 is 2.20 bits per heavy atom. The third-order valence-corrected chi connectivity index (χ3v) is 4.45. The molecule has 20 heavy (non-hydrogen) atoms. The van der Waals surface area contributed by atoms with Crippen molar-refractivity contribution in [2.45, 2.75) is 6.92 Å². The second-order valence-corrected chi connectivity index (χ2v) is 5.95. The number of ketones is 1. The van der Waals surface area contributed by atoms with Gasteiger partial charge in [-0.05, 0) is 58.0 Å². The summed E-state index contributed by atoms with van der Waals surface area (Å²) in [5.74, 6) is 0.0891. The highest BCUT2D eigenvalue weighted by atomic mass is 127. The SMILES string of the molecule is Cc1ccc(C(=O)c2ccccc2I)c2ccccc12. The molecule has 2 heteroatoms. The Hall–Kier alpha value is -1.68. The minimum Gasteiger partial charge on any atom is -0.289 e. The lowest BCUT2D eigenvalue weighted by molar-refractivity contribution is 0.103.